The van der Waals surface area contributed by atoms with Crippen molar-refractivity contribution in [1.29, 1.82) is 0 Å². The molecule has 0 saturated heterocycles. The van der Waals surface area contributed by atoms with Crippen molar-refractivity contribution in [2.24, 2.45) is 0 Å². The molecule has 0 amide bonds. The van der Waals surface area contributed by atoms with E-state index in [1.807, 2.05) is 12.1 Å². The van der Waals surface area contributed by atoms with Crippen LogP contribution in [0.25, 0.3) is 0 Å². The van der Waals surface area contributed by atoms with Gasteiger partial charge in [-0.1, -0.05) is 50.2 Å². The van der Waals surface area contributed by atoms with Crippen LogP contribution in [0, 0.1) is 5.82 Å². The second kappa shape index (κ2) is 6.86. The van der Waals surface area contributed by atoms with Crippen molar-refractivity contribution in [3.63, 3.8) is 0 Å². The minimum atomic E-state index is -0.191. The minimum Gasteiger partial charge on any atom is -0.304 e. The summed E-state index contributed by atoms with van der Waals surface area (Å²) in [5.74, 6) is 0.365. The van der Waals surface area contributed by atoms with Gasteiger partial charge in [0.25, 0.3) is 0 Å². The Morgan fingerprint density at radius 2 is 1.05 bits per heavy atom. The van der Waals surface area contributed by atoms with Crippen LogP contribution >= 0.6 is 0 Å². The Morgan fingerprint density at radius 3 is 1.48 bits per heavy atom. The van der Waals surface area contributed by atoms with Crippen LogP contribution in [-0.2, 0) is 0 Å². The van der Waals surface area contributed by atoms with E-state index in [1.165, 1.54) is 23.3 Å². The molecule has 0 fully saturated rings. The summed E-state index contributed by atoms with van der Waals surface area (Å²) in [5, 5.41) is 3.56. The topological polar surface area (TPSA) is 12.0 Å². The van der Waals surface area contributed by atoms with E-state index < -0.39 is 0 Å². The van der Waals surface area contributed by atoms with E-state index in [4.69, 9.17) is 0 Å². The van der Waals surface area contributed by atoms with Crippen molar-refractivity contribution in [2.75, 3.05) is 0 Å². The number of hydrogen-bond donors (Lipinski definition) is 1. The van der Waals surface area contributed by atoms with Crippen LogP contribution in [0.4, 0.5) is 4.39 Å². The summed E-state index contributed by atoms with van der Waals surface area (Å²) < 4.78 is 13.0. The Labute approximate surface area is 127 Å². The van der Waals surface area contributed by atoms with Crippen LogP contribution < -0.4 is 5.32 Å². The second-order valence-corrected chi connectivity index (χ2v) is 5.98. The third-order valence-corrected chi connectivity index (χ3v) is 3.97. The lowest BCUT2D eigenvalue weighted by Gasteiger charge is -2.21. The molecular weight excluding hydrogens is 261 g/mol. The van der Waals surface area contributed by atoms with Gasteiger partial charge in [0.15, 0.2) is 0 Å². The molecule has 112 valence electrons. The monoisotopic (exact) mass is 285 g/mol. The zero-order valence-electron chi connectivity index (χ0n) is 13.2. The first-order valence-corrected chi connectivity index (χ1v) is 7.58. The summed E-state index contributed by atoms with van der Waals surface area (Å²) in [6.07, 6.45) is 0. The van der Waals surface area contributed by atoms with Gasteiger partial charge >= 0.3 is 0 Å². The molecule has 0 radical (unpaired) electrons. The highest BCUT2D eigenvalue weighted by molar-refractivity contribution is 5.27. The van der Waals surface area contributed by atoms with E-state index in [1.54, 1.807) is 0 Å². The predicted molar refractivity (Wildman–Crippen MR) is 86.9 cm³/mol. The summed E-state index contributed by atoms with van der Waals surface area (Å²) in [6, 6.07) is 15.9. The lowest BCUT2D eigenvalue weighted by atomic mass is 9.99. The molecule has 2 aromatic carbocycles. The second-order valence-electron chi connectivity index (χ2n) is 5.98. The first-order chi connectivity index (χ1) is 9.97. The summed E-state index contributed by atoms with van der Waals surface area (Å²) in [7, 11) is 0. The smallest absolute Gasteiger partial charge is 0.123 e. The molecule has 0 bridgehead atoms. The third kappa shape index (κ3) is 4.15. The maximum Gasteiger partial charge on any atom is 0.123 e. The fourth-order valence-corrected chi connectivity index (χ4v) is 2.49. The van der Waals surface area contributed by atoms with Gasteiger partial charge in [0.2, 0.25) is 0 Å². The van der Waals surface area contributed by atoms with Crippen LogP contribution in [0.5, 0.6) is 0 Å². The van der Waals surface area contributed by atoms with Gasteiger partial charge in [-0.2, -0.15) is 0 Å². The van der Waals surface area contributed by atoms with Gasteiger partial charge in [-0.25, -0.2) is 4.39 Å². The molecule has 2 heteroatoms. The lowest BCUT2D eigenvalue weighted by molar-refractivity contribution is 0.493. The maximum absolute atomic E-state index is 13.0. The van der Waals surface area contributed by atoms with Crippen molar-refractivity contribution in [2.45, 2.75) is 45.7 Å². The van der Waals surface area contributed by atoms with Gasteiger partial charge in [0.05, 0.1) is 0 Å². The van der Waals surface area contributed by atoms with Crippen LogP contribution in [-0.4, -0.2) is 0 Å². The highest BCUT2D eigenvalue weighted by Crippen LogP contribution is 2.22. The molecule has 0 spiro atoms. The highest BCUT2D eigenvalue weighted by atomic mass is 19.1. The van der Waals surface area contributed by atoms with E-state index >= 15 is 0 Å². The molecule has 2 aromatic rings. The lowest BCUT2D eigenvalue weighted by Crippen LogP contribution is -2.22. The Balaban J connectivity index is 2.03. The predicted octanol–water partition coefficient (Wildman–Crippen LogP) is 5.36. The van der Waals surface area contributed by atoms with Gasteiger partial charge in [-0.15, -0.1) is 0 Å². The summed E-state index contributed by atoms with van der Waals surface area (Å²) in [6.45, 7) is 8.66. The average Bonchev–Trinajstić information content (AvgIpc) is 2.47. The summed E-state index contributed by atoms with van der Waals surface area (Å²) >= 11 is 0. The molecule has 1 N–H and O–H groups in total. The zero-order chi connectivity index (χ0) is 15.4. The van der Waals surface area contributed by atoms with E-state index in [0.717, 1.165) is 5.56 Å². The molecule has 0 saturated carbocycles. The van der Waals surface area contributed by atoms with Gasteiger partial charge in [-0.05, 0) is 48.6 Å². The van der Waals surface area contributed by atoms with Crippen LogP contribution in [0.3, 0.4) is 0 Å². The third-order valence-electron chi connectivity index (χ3n) is 3.97. The molecule has 2 unspecified atom stereocenters. The molecular formula is C19H24FN. The maximum atomic E-state index is 13.0. The van der Waals surface area contributed by atoms with Crippen LogP contribution in [0.15, 0.2) is 48.5 Å². The van der Waals surface area contributed by atoms with Crippen LogP contribution in [0.1, 0.15) is 62.4 Å². The Bertz CT molecular complexity index is 557. The largest absolute Gasteiger partial charge is 0.304 e. The van der Waals surface area contributed by atoms with E-state index in [0.29, 0.717) is 5.92 Å². The number of rotatable bonds is 5. The molecule has 2 rings (SSSR count). The Kier molecular flexibility index (Phi) is 5.13. The average molecular weight is 285 g/mol. The zero-order valence-corrected chi connectivity index (χ0v) is 13.2. The quantitative estimate of drug-likeness (QED) is 0.779. The van der Waals surface area contributed by atoms with Gasteiger partial charge in [-0.3, -0.25) is 0 Å². The summed E-state index contributed by atoms with van der Waals surface area (Å²) in [4.78, 5) is 0. The fraction of sp³-hybridized carbons (Fsp3) is 0.368. The molecule has 0 aromatic heterocycles. The molecule has 0 aliphatic rings. The first-order valence-electron chi connectivity index (χ1n) is 7.58. The molecule has 21 heavy (non-hydrogen) atoms. The Hall–Kier alpha value is -1.67. The normalized spacial score (nSPS) is 14.2. The SMILES string of the molecule is CC(C)c1ccc(C(C)NC(C)c2ccc(F)cc2)cc1. The van der Waals surface area contributed by atoms with E-state index in [9.17, 15) is 4.39 Å². The number of halogens is 1. The minimum absolute atomic E-state index is 0.186. The molecule has 1 nitrogen and oxygen atoms in total. The number of benzene rings is 2. The van der Waals surface area contributed by atoms with Crippen molar-refractivity contribution >= 4 is 0 Å². The first kappa shape index (κ1) is 15.7. The molecule has 0 aliphatic carbocycles. The van der Waals surface area contributed by atoms with Crippen LogP contribution in [0.2, 0.25) is 0 Å². The molecule has 0 aliphatic heterocycles. The van der Waals surface area contributed by atoms with Crippen molar-refractivity contribution < 1.29 is 4.39 Å². The van der Waals surface area contributed by atoms with Gasteiger partial charge < -0.3 is 5.32 Å². The van der Waals surface area contributed by atoms with E-state index in [-0.39, 0.29) is 17.9 Å². The molecule has 0 heterocycles. The van der Waals surface area contributed by atoms with Gasteiger partial charge in [0, 0.05) is 12.1 Å². The molecule has 2 atom stereocenters. The Morgan fingerprint density at radius 1 is 0.667 bits per heavy atom. The van der Waals surface area contributed by atoms with Gasteiger partial charge in [0.1, 0.15) is 5.82 Å². The summed E-state index contributed by atoms with van der Waals surface area (Å²) in [5.41, 5.74) is 3.73. The van der Waals surface area contributed by atoms with Crippen molar-refractivity contribution in [3.05, 3.63) is 71.0 Å². The van der Waals surface area contributed by atoms with Crippen molar-refractivity contribution in [3.8, 4) is 0 Å². The number of hydrogen-bond acceptors (Lipinski definition) is 1. The fourth-order valence-electron chi connectivity index (χ4n) is 2.49. The number of nitrogens with one attached hydrogen (secondary N) is 1. The highest BCUT2D eigenvalue weighted by Gasteiger charge is 2.11. The standard InChI is InChI=1S/C19H24FN/c1-13(2)16-5-7-17(8-6-16)14(3)21-15(4)18-9-11-19(20)12-10-18/h5-15,21H,1-4H3. The van der Waals surface area contributed by atoms with Crippen molar-refractivity contribution in [1.82, 2.24) is 5.32 Å². The van der Waals surface area contributed by atoms with E-state index in [2.05, 4.69) is 57.3 Å².